The van der Waals surface area contributed by atoms with Crippen LogP contribution < -0.4 is 11.5 Å². The van der Waals surface area contributed by atoms with Gasteiger partial charge in [0.1, 0.15) is 0 Å². The van der Waals surface area contributed by atoms with E-state index in [2.05, 4.69) is 6.92 Å². The van der Waals surface area contributed by atoms with Crippen LogP contribution in [0.25, 0.3) is 0 Å². The number of carboxylic acids is 4. The Morgan fingerprint density at radius 1 is 0.720 bits per heavy atom. The summed E-state index contributed by atoms with van der Waals surface area (Å²) in [4.78, 5) is 36.0. The fourth-order valence-electron chi connectivity index (χ4n) is 0.630. The van der Waals surface area contributed by atoms with Crippen molar-refractivity contribution in [3.63, 3.8) is 0 Å². The van der Waals surface area contributed by atoms with Crippen LogP contribution in [-0.4, -0.2) is 80.0 Å². The van der Waals surface area contributed by atoms with Gasteiger partial charge in [-0.05, 0) is 6.42 Å². The zero-order valence-electron chi connectivity index (χ0n) is 15.0. The van der Waals surface area contributed by atoms with Crippen molar-refractivity contribution in [1.82, 2.24) is 0 Å². The van der Waals surface area contributed by atoms with E-state index < -0.39 is 23.9 Å². The van der Waals surface area contributed by atoms with E-state index in [1.165, 1.54) is 19.3 Å². The van der Waals surface area contributed by atoms with Gasteiger partial charge in [0, 0.05) is 27.7 Å². The third-order valence-corrected chi connectivity index (χ3v) is 1.14. The zero-order valence-corrected chi connectivity index (χ0v) is 15.0. The molecule has 0 rings (SSSR count). The Balaban J connectivity index is -0.0000000467. The van der Waals surface area contributed by atoms with Crippen LogP contribution in [0.4, 0.5) is 0 Å². The number of hydrogen-bond acceptors (Lipinski definition) is 6. The third kappa shape index (κ3) is 683. The molecule has 0 fully saturated rings. The van der Waals surface area contributed by atoms with Gasteiger partial charge < -0.3 is 31.9 Å². The van der Waals surface area contributed by atoms with E-state index in [9.17, 15) is 0 Å². The average molecular weight is 380 g/mol. The van der Waals surface area contributed by atoms with E-state index >= 15 is 0 Å². The summed E-state index contributed by atoms with van der Waals surface area (Å²) in [7, 11) is 0. The van der Waals surface area contributed by atoms with Crippen LogP contribution in [0.5, 0.6) is 0 Å². The average Bonchev–Trinajstić information content (AvgIpc) is 2.25. The maximum atomic E-state index is 9.00. The number of aliphatic carboxylic acids is 4. The van der Waals surface area contributed by atoms with Crippen molar-refractivity contribution in [3.05, 3.63) is 0 Å². The Kier molecular flexibility index (Phi) is 53.4. The van der Waals surface area contributed by atoms with Crippen molar-refractivity contribution >= 4 is 53.4 Å². The molecule has 0 aromatic rings. The summed E-state index contributed by atoms with van der Waals surface area (Å²) < 4.78 is 0. The van der Waals surface area contributed by atoms with Crippen LogP contribution in [0.15, 0.2) is 0 Å². The summed E-state index contributed by atoms with van der Waals surface area (Å²) in [6, 6.07) is 0. The van der Waals surface area contributed by atoms with Gasteiger partial charge in [0.15, 0.2) is 0 Å². The second-order valence-corrected chi connectivity index (χ2v) is 4.24. The van der Waals surface area contributed by atoms with Crippen molar-refractivity contribution in [2.45, 2.75) is 66.5 Å². The van der Waals surface area contributed by atoms with Gasteiger partial charge in [-0.1, -0.05) is 26.2 Å². The summed E-state index contributed by atoms with van der Waals surface area (Å²) in [5.41, 5.74) is 10.6. The first-order valence-corrected chi connectivity index (χ1v) is 6.99. The molecule has 0 aromatic carbocycles. The summed E-state index contributed by atoms with van der Waals surface area (Å²) in [5, 5.41) is 29.7. The quantitative estimate of drug-likeness (QED) is 0.227. The molecule has 11 heteroatoms. The Morgan fingerprint density at radius 2 is 0.920 bits per heavy atom. The van der Waals surface area contributed by atoms with Gasteiger partial charge in [-0.15, -0.1) is 0 Å². The van der Waals surface area contributed by atoms with Gasteiger partial charge in [-0.25, -0.2) is 0 Å². The maximum absolute atomic E-state index is 9.00. The molecule has 0 aliphatic carbocycles. The number of unbranched alkanes of at least 4 members (excludes halogenated alkanes) is 2. The fourth-order valence-corrected chi connectivity index (χ4v) is 0.630. The molecule has 0 bridgehead atoms. The second kappa shape index (κ2) is 34.2. The minimum absolute atomic E-state index is 0. The van der Waals surface area contributed by atoms with E-state index in [0.29, 0.717) is 0 Å². The molecule has 25 heavy (non-hydrogen) atoms. The molecule has 0 aliphatic rings. The zero-order chi connectivity index (χ0) is 20.7. The van der Waals surface area contributed by atoms with Crippen LogP contribution in [0.2, 0.25) is 0 Å². The van der Waals surface area contributed by atoms with Crippen molar-refractivity contribution in [1.29, 1.82) is 0 Å². The molecule has 0 heterocycles. The predicted octanol–water partition coefficient (Wildman–Crippen LogP) is 0.525. The molecule has 0 spiro atoms. The predicted molar refractivity (Wildman–Crippen MR) is 96.7 cm³/mol. The molecule has 0 saturated carbocycles. The molecule has 8 N–H and O–H groups in total. The van der Waals surface area contributed by atoms with E-state index in [1.54, 1.807) is 0 Å². The Bertz CT molecular complexity index is 262. The summed E-state index contributed by atoms with van der Waals surface area (Å²) >= 11 is 0. The van der Waals surface area contributed by atoms with E-state index in [1.807, 2.05) is 0 Å². The second-order valence-electron chi connectivity index (χ2n) is 4.24. The van der Waals surface area contributed by atoms with Crippen LogP contribution >= 0.6 is 0 Å². The molecular weight excluding hydrogens is 347 g/mol. The summed E-state index contributed by atoms with van der Waals surface area (Å²) in [6.07, 6.45) is 4.54. The third-order valence-electron chi connectivity index (χ3n) is 1.14. The number of nitrogens with two attached hydrogens (primary N) is 2. The van der Waals surface area contributed by atoms with Crippen LogP contribution in [0.1, 0.15) is 60.3 Å². The van der Waals surface area contributed by atoms with E-state index in [0.717, 1.165) is 34.1 Å². The summed E-state index contributed by atoms with van der Waals surface area (Å²) in [5.74, 6) is -3.33. The van der Waals surface area contributed by atoms with Crippen molar-refractivity contribution in [3.8, 4) is 0 Å². The van der Waals surface area contributed by atoms with Gasteiger partial charge in [-0.2, -0.15) is 0 Å². The van der Waals surface area contributed by atoms with Gasteiger partial charge in [-0.3, -0.25) is 19.2 Å². The van der Waals surface area contributed by atoms with Crippen LogP contribution in [-0.2, 0) is 19.2 Å². The Labute approximate surface area is 170 Å². The Hall–Kier alpha value is -1.20. The van der Waals surface area contributed by atoms with Crippen LogP contribution in [0.3, 0.4) is 0 Å². The van der Waals surface area contributed by atoms with Gasteiger partial charge in [0.25, 0.3) is 23.9 Å². The molecular formula is C14H33N2NaO8. The number of carboxylic acid groups (broad SMARTS) is 4. The molecule has 0 radical (unpaired) electrons. The Morgan fingerprint density at radius 3 is 1.04 bits per heavy atom. The molecule has 0 unspecified atom stereocenters. The fraction of sp³-hybridized carbons (Fsp3) is 0.714. The standard InChI is InChI=1S/C6H16N2.4C2H4O2.Na.H/c1-2-3-4-5-6(7)8;4*1-2(3)4;;/h6H,2-5,7-8H2,1H3;4*1H3,(H,3,4);;. The number of carbonyl (C=O) groups is 4. The molecule has 0 amide bonds. The molecule has 148 valence electrons. The summed E-state index contributed by atoms with van der Waals surface area (Å²) in [6.45, 7) is 6.50. The SMILES string of the molecule is CC(=O)O.CC(=O)O.CC(=O)O.CC(=O)O.CCCCCC(N)N.[NaH]. The van der Waals surface area contributed by atoms with Gasteiger partial charge >= 0.3 is 29.6 Å². The molecule has 10 nitrogen and oxygen atoms in total. The first-order chi connectivity index (χ1) is 10.7. The molecule has 0 saturated heterocycles. The monoisotopic (exact) mass is 380 g/mol. The van der Waals surface area contributed by atoms with Crippen molar-refractivity contribution in [2.75, 3.05) is 0 Å². The molecule has 0 aromatic heterocycles. The van der Waals surface area contributed by atoms with Crippen molar-refractivity contribution < 1.29 is 39.6 Å². The van der Waals surface area contributed by atoms with Crippen molar-refractivity contribution in [2.24, 2.45) is 11.5 Å². The topological polar surface area (TPSA) is 201 Å². The minimum atomic E-state index is -0.833. The van der Waals surface area contributed by atoms with E-state index in [4.69, 9.17) is 51.1 Å². The van der Waals surface area contributed by atoms with Gasteiger partial charge in [0.05, 0.1) is 6.17 Å². The molecule has 0 aliphatic heterocycles. The van der Waals surface area contributed by atoms with Gasteiger partial charge in [0.2, 0.25) is 0 Å². The molecule has 0 atom stereocenters. The van der Waals surface area contributed by atoms with Crippen LogP contribution in [0, 0.1) is 0 Å². The number of rotatable bonds is 4. The normalized spacial score (nSPS) is 7.36. The first kappa shape index (κ1) is 39.0. The van der Waals surface area contributed by atoms with E-state index in [-0.39, 0.29) is 35.7 Å². The number of hydrogen-bond donors (Lipinski definition) is 6. The first-order valence-electron chi connectivity index (χ1n) is 6.99.